The van der Waals surface area contributed by atoms with Gasteiger partial charge in [-0.3, -0.25) is 14.5 Å². The van der Waals surface area contributed by atoms with Crippen molar-refractivity contribution in [2.75, 3.05) is 45.0 Å². The van der Waals surface area contributed by atoms with Crippen molar-refractivity contribution in [3.8, 4) is 28.4 Å². The quantitative estimate of drug-likeness (QED) is 0.235. The minimum Gasteiger partial charge on any atom is -0.497 e. The molecule has 0 aromatic heterocycles. The fraction of sp³-hybridized carbons (Fsp3) is 0.333. The van der Waals surface area contributed by atoms with Gasteiger partial charge in [0.05, 0.1) is 19.2 Å². The molecule has 0 fully saturated rings. The summed E-state index contributed by atoms with van der Waals surface area (Å²) >= 11 is 0. The highest BCUT2D eigenvalue weighted by molar-refractivity contribution is 5.97. The van der Waals surface area contributed by atoms with Gasteiger partial charge in [0.1, 0.15) is 5.75 Å². The molecule has 0 spiro atoms. The third-order valence-electron chi connectivity index (χ3n) is 9.09. The van der Waals surface area contributed by atoms with Crippen molar-refractivity contribution in [1.29, 1.82) is 0 Å². The van der Waals surface area contributed by atoms with E-state index in [9.17, 15) is 9.59 Å². The highest BCUT2D eigenvalue weighted by Gasteiger charge is 2.26. The molecule has 0 radical (unpaired) electrons. The van der Waals surface area contributed by atoms with Gasteiger partial charge in [-0.25, -0.2) is 0 Å². The van der Waals surface area contributed by atoms with Gasteiger partial charge in [-0.15, -0.1) is 0 Å². The topological polar surface area (TPSA) is 71.6 Å². The maximum Gasteiger partial charge on any atom is 0.254 e. The van der Waals surface area contributed by atoms with Crippen LogP contribution in [-0.2, 0) is 17.8 Å². The normalized spacial score (nSPS) is 15.3. The first-order valence-electron chi connectivity index (χ1n) is 16.4. The van der Waals surface area contributed by atoms with E-state index in [-0.39, 0.29) is 25.0 Å². The molecule has 0 aliphatic carbocycles. The van der Waals surface area contributed by atoms with Gasteiger partial charge in [0.15, 0.2) is 11.5 Å². The Bertz CT molecular complexity index is 1740. The summed E-state index contributed by atoms with van der Waals surface area (Å²) in [4.78, 5) is 34.7. The number of amides is 2. The zero-order valence-corrected chi connectivity index (χ0v) is 27.7. The van der Waals surface area contributed by atoms with Crippen LogP contribution in [0.5, 0.6) is 17.2 Å². The monoisotopic (exact) mass is 633 g/mol. The number of rotatable bonds is 6. The molecule has 4 aromatic rings. The number of hydrogen-bond acceptors (Lipinski definition) is 6. The first kappa shape index (κ1) is 32.1. The summed E-state index contributed by atoms with van der Waals surface area (Å²) in [6.45, 7) is 9.76. The standard InChI is InChI=1S/C39H43N3O5/c1-27(2)40-18-7-19-42(37(43)22-29-12-15-34(45-4)16-13-29)38-28(3)8-5-11-33(38)25-41(21-20-40)39(44)32-10-6-9-30(23-32)31-14-17-35-36(24-31)47-26-46-35/h5-6,8-17,23-24,27H,7,18-22,25-26H2,1-4H3. The molecule has 2 amide bonds. The molecule has 8 heteroatoms. The molecule has 8 nitrogen and oxygen atoms in total. The molecule has 0 saturated heterocycles. The average Bonchev–Trinajstić information content (AvgIpc) is 3.54. The summed E-state index contributed by atoms with van der Waals surface area (Å²) in [5.74, 6) is 2.19. The van der Waals surface area contributed by atoms with Crippen molar-refractivity contribution < 1.29 is 23.8 Å². The van der Waals surface area contributed by atoms with Crippen LogP contribution in [0.25, 0.3) is 11.1 Å². The Morgan fingerprint density at radius 2 is 1.60 bits per heavy atom. The minimum atomic E-state index is -0.0425. The number of fused-ring (bicyclic) bond motifs is 2. The van der Waals surface area contributed by atoms with Crippen LogP contribution in [-0.4, -0.2) is 67.7 Å². The van der Waals surface area contributed by atoms with Gasteiger partial charge >= 0.3 is 0 Å². The lowest BCUT2D eigenvalue weighted by Gasteiger charge is -2.30. The van der Waals surface area contributed by atoms with E-state index >= 15 is 0 Å². The largest absolute Gasteiger partial charge is 0.497 e. The Kier molecular flexibility index (Phi) is 9.78. The SMILES string of the molecule is COc1ccc(CC(=O)N2CCCN(C(C)C)CCN(C(=O)c3cccc(-c4ccc5c(c4)OCO5)c3)Cc3cccc(C)c32)cc1. The number of benzene rings is 4. The van der Waals surface area contributed by atoms with Crippen molar-refractivity contribution in [2.24, 2.45) is 0 Å². The predicted molar refractivity (Wildman–Crippen MR) is 184 cm³/mol. The van der Waals surface area contributed by atoms with Gasteiger partial charge in [0.2, 0.25) is 12.7 Å². The summed E-state index contributed by atoms with van der Waals surface area (Å²) in [5, 5.41) is 0. The van der Waals surface area contributed by atoms with Gasteiger partial charge in [-0.05, 0) is 91.4 Å². The second-order valence-corrected chi connectivity index (χ2v) is 12.5. The fourth-order valence-electron chi connectivity index (χ4n) is 6.47. The fourth-order valence-corrected chi connectivity index (χ4v) is 6.47. The molecule has 2 aliphatic rings. The number of aryl methyl sites for hydroxylation is 1. The summed E-state index contributed by atoms with van der Waals surface area (Å²) in [6, 6.07) is 27.7. The lowest BCUT2D eigenvalue weighted by atomic mass is 10.0. The highest BCUT2D eigenvalue weighted by Crippen LogP contribution is 2.36. The molecule has 2 heterocycles. The van der Waals surface area contributed by atoms with E-state index in [0.29, 0.717) is 37.0 Å². The van der Waals surface area contributed by atoms with Gasteiger partial charge < -0.3 is 24.0 Å². The molecule has 6 rings (SSSR count). The molecule has 0 N–H and O–H groups in total. The molecule has 0 unspecified atom stereocenters. The summed E-state index contributed by atoms with van der Waals surface area (Å²) in [5.41, 5.74) is 6.32. The smallest absolute Gasteiger partial charge is 0.254 e. The zero-order chi connectivity index (χ0) is 32.9. The Balaban J connectivity index is 1.33. The molecule has 0 atom stereocenters. The minimum absolute atomic E-state index is 0.0374. The molecule has 0 bridgehead atoms. The van der Waals surface area contributed by atoms with Crippen LogP contribution in [0, 0.1) is 6.92 Å². The third kappa shape index (κ3) is 7.28. The Morgan fingerprint density at radius 1 is 0.830 bits per heavy atom. The van der Waals surface area contributed by atoms with E-state index < -0.39 is 0 Å². The molecular formula is C39H43N3O5. The van der Waals surface area contributed by atoms with Gasteiger partial charge in [-0.2, -0.15) is 0 Å². The molecule has 47 heavy (non-hydrogen) atoms. The van der Waals surface area contributed by atoms with Crippen molar-refractivity contribution in [1.82, 2.24) is 9.80 Å². The van der Waals surface area contributed by atoms with Crippen LogP contribution in [0.15, 0.2) is 84.9 Å². The van der Waals surface area contributed by atoms with Crippen molar-refractivity contribution in [3.63, 3.8) is 0 Å². The van der Waals surface area contributed by atoms with E-state index in [1.54, 1.807) is 7.11 Å². The summed E-state index contributed by atoms with van der Waals surface area (Å²) in [6.07, 6.45) is 1.10. The van der Waals surface area contributed by atoms with Crippen molar-refractivity contribution in [3.05, 3.63) is 107 Å². The van der Waals surface area contributed by atoms with Crippen LogP contribution in [0.2, 0.25) is 0 Å². The predicted octanol–water partition coefficient (Wildman–Crippen LogP) is 6.73. The molecular weight excluding hydrogens is 590 g/mol. The lowest BCUT2D eigenvalue weighted by Crippen LogP contribution is -2.41. The van der Waals surface area contributed by atoms with Crippen LogP contribution >= 0.6 is 0 Å². The molecule has 4 aromatic carbocycles. The van der Waals surface area contributed by atoms with Gasteiger partial charge in [0, 0.05) is 44.3 Å². The summed E-state index contributed by atoms with van der Waals surface area (Å²) < 4.78 is 16.4. The second kappa shape index (κ2) is 14.3. The maximum absolute atomic E-state index is 14.4. The van der Waals surface area contributed by atoms with Crippen LogP contribution in [0.4, 0.5) is 5.69 Å². The number of methoxy groups -OCH3 is 1. The van der Waals surface area contributed by atoms with Gasteiger partial charge in [0.25, 0.3) is 5.91 Å². The van der Waals surface area contributed by atoms with E-state index in [0.717, 1.165) is 64.5 Å². The van der Waals surface area contributed by atoms with E-state index in [2.05, 4.69) is 24.8 Å². The maximum atomic E-state index is 14.4. The van der Waals surface area contributed by atoms with Crippen LogP contribution in [0.1, 0.15) is 47.3 Å². The first-order chi connectivity index (χ1) is 22.8. The third-order valence-corrected chi connectivity index (χ3v) is 9.09. The number of hydrogen-bond donors (Lipinski definition) is 0. The number of para-hydroxylation sites is 1. The highest BCUT2D eigenvalue weighted by atomic mass is 16.7. The first-order valence-corrected chi connectivity index (χ1v) is 16.4. The van der Waals surface area contributed by atoms with Gasteiger partial charge in [-0.1, -0.05) is 48.5 Å². The van der Waals surface area contributed by atoms with Crippen LogP contribution < -0.4 is 19.1 Å². The van der Waals surface area contributed by atoms with Crippen LogP contribution in [0.3, 0.4) is 0 Å². The van der Waals surface area contributed by atoms with E-state index in [4.69, 9.17) is 14.2 Å². The average molecular weight is 634 g/mol. The van der Waals surface area contributed by atoms with E-state index in [1.165, 1.54) is 0 Å². The number of nitrogens with zero attached hydrogens (tertiary/aromatic N) is 3. The Morgan fingerprint density at radius 3 is 2.38 bits per heavy atom. The number of carbonyl (C=O) groups is 2. The molecule has 0 saturated carbocycles. The van der Waals surface area contributed by atoms with Crippen molar-refractivity contribution >= 4 is 17.5 Å². The Hall–Kier alpha value is -4.82. The number of ether oxygens (including phenoxy) is 3. The van der Waals surface area contributed by atoms with E-state index in [1.807, 2.05) is 95.6 Å². The second-order valence-electron chi connectivity index (χ2n) is 12.5. The number of anilines is 1. The Labute approximate surface area is 277 Å². The van der Waals surface area contributed by atoms with Crippen molar-refractivity contribution in [2.45, 2.75) is 46.2 Å². The summed E-state index contributed by atoms with van der Waals surface area (Å²) in [7, 11) is 1.64. The number of carbonyl (C=O) groups excluding carboxylic acids is 2. The molecule has 244 valence electrons. The zero-order valence-electron chi connectivity index (χ0n) is 27.7. The lowest BCUT2D eigenvalue weighted by molar-refractivity contribution is -0.118. The molecule has 2 aliphatic heterocycles.